The average Bonchev–Trinajstić information content (AvgIpc) is 2.18. The van der Waals surface area contributed by atoms with Gasteiger partial charge >= 0.3 is 0 Å². The third kappa shape index (κ3) is 3.73. The van der Waals surface area contributed by atoms with Crippen molar-refractivity contribution in [2.75, 3.05) is 5.32 Å². The molecular weight excluding hydrogens is 234 g/mol. The summed E-state index contributed by atoms with van der Waals surface area (Å²) in [7, 11) is 0. The van der Waals surface area contributed by atoms with Crippen molar-refractivity contribution >= 4 is 17.3 Å². The predicted octanol–water partition coefficient (Wildman–Crippen LogP) is 1.97. The fourth-order valence-electron chi connectivity index (χ4n) is 1.74. The molecule has 0 bridgehead atoms. The normalized spacial score (nSPS) is 11.1. The van der Waals surface area contributed by atoms with Gasteiger partial charge in [-0.05, 0) is 32.4 Å². The number of hydrogen-bond donors (Lipinski definition) is 2. The van der Waals surface area contributed by atoms with Gasteiger partial charge in [-0.25, -0.2) is 0 Å². The molecule has 0 heterocycles. The van der Waals surface area contributed by atoms with E-state index >= 15 is 0 Å². The standard InChI is InChI=1S/C12H17N3O3/c1-8-4-5-9(10(6-8)15(17)18)14-12(2,3)7-11(13)16/h4-6,14H,7H2,1-3H3,(H2,13,16). The van der Waals surface area contributed by atoms with Crippen LogP contribution < -0.4 is 11.1 Å². The molecule has 0 aliphatic rings. The van der Waals surface area contributed by atoms with E-state index in [9.17, 15) is 14.9 Å². The fraction of sp³-hybridized carbons (Fsp3) is 0.417. The monoisotopic (exact) mass is 251 g/mol. The Hall–Kier alpha value is -2.11. The largest absolute Gasteiger partial charge is 0.374 e. The lowest BCUT2D eigenvalue weighted by Crippen LogP contribution is -2.36. The number of nitrogens with two attached hydrogens (primary N) is 1. The minimum Gasteiger partial charge on any atom is -0.374 e. The van der Waals surface area contributed by atoms with Crippen molar-refractivity contribution in [3.63, 3.8) is 0 Å². The van der Waals surface area contributed by atoms with E-state index in [1.807, 2.05) is 0 Å². The van der Waals surface area contributed by atoms with Gasteiger partial charge in [0.15, 0.2) is 0 Å². The van der Waals surface area contributed by atoms with Crippen LogP contribution in [-0.4, -0.2) is 16.4 Å². The SMILES string of the molecule is Cc1ccc(NC(C)(C)CC(N)=O)c([N+](=O)[O-])c1. The Morgan fingerprint density at radius 3 is 2.61 bits per heavy atom. The van der Waals surface area contributed by atoms with Crippen LogP contribution in [0.3, 0.4) is 0 Å². The van der Waals surface area contributed by atoms with Gasteiger partial charge in [0.25, 0.3) is 5.69 Å². The Labute approximate surface area is 105 Å². The zero-order valence-corrected chi connectivity index (χ0v) is 10.7. The number of anilines is 1. The number of benzene rings is 1. The van der Waals surface area contributed by atoms with Crippen molar-refractivity contribution in [2.45, 2.75) is 32.7 Å². The van der Waals surface area contributed by atoms with E-state index in [0.29, 0.717) is 5.69 Å². The summed E-state index contributed by atoms with van der Waals surface area (Å²) in [5.74, 6) is -0.456. The van der Waals surface area contributed by atoms with E-state index in [1.54, 1.807) is 32.9 Å². The zero-order chi connectivity index (χ0) is 13.9. The molecule has 1 aromatic rings. The van der Waals surface area contributed by atoms with Crippen LogP contribution in [-0.2, 0) is 4.79 Å². The minimum absolute atomic E-state index is 0.00690. The molecule has 0 aromatic heterocycles. The molecule has 0 saturated carbocycles. The summed E-state index contributed by atoms with van der Waals surface area (Å²) in [6.07, 6.45) is 0.0953. The van der Waals surface area contributed by atoms with Gasteiger partial charge in [-0.2, -0.15) is 0 Å². The molecule has 1 rings (SSSR count). The lowest BCUT2D eigenvalue weighted by atomic mass is 9.99. The molecule has 1 aromatic carbocycles. The quantitative estimate of drug-likeness (QED) is 0.617. The molecule has 0 unspecified atom stereocenters. The van der Waals surface area contributed by atoms with Gasteiger partial charge in [0.1, 0.15) is 5.69 Å². The van der Waals surface area contributed by atoms with Crippen molar-refractivity contribution in [1.29, 1.82) is 0 Å². The van der Waals surface area contributed by atoms with Crippen LogP contribution in [0, 0.1) is 17.0 Å². The van der Waals surface area contributed by atoms with E-state index in [2.05, 4.69) is 5.32 Å². The molecule has 0 radical (unpaired) electrons. The molecule has 0 aliphatic heterocycles. The molecule has 1 amide bonds. The number of carbonyl (C=O) groups excluding carboxylic acids is 1. The number of nitrogens with one attached hydrogen (secondary N) is 1. The maximum absolute atomic E-state index is 11.0. The minimum atomic E-state index is -0.633. The fourth-order valence-corrected chi connectivity index (χ4v) is 1.74. The first-order valence-corrected chi connectivity index (χ1v) is 5.53. The van der Waals surface area contributed by atoms with Gasteiger partial charge in [-0.3, -0.25) is 14.9 Å². The van der Waals surface area contributed by atoms with Crippen LogP contribution in [0.25, 0.3) is 0 Å². The topological polar surface area (TPSA) is 98.3 Å². The average molecular weight is 251 g/mol. The summed E-state index contributed by atoms with van der Waals surface area (Å²) >= 11 is 0. The van der Waals surface area contributed by atoms with Crippen molar-refractivity contribution in [3.05, 3.63) is 33.9 Å². The lowest BCUT2D eigenvalue weighted by molar-refractivity contribution is -0.384. The molecular formula is C12H17N3O3. The summed E-state index contributed by atoms with van der Waals surface area (Å²) < 4.78 is 0. The van der Waals surface area contributed by atoms with Crippen LogP contribution in [0.1, 0.15) is 25.8 Å². The Kier molecular flexibility index (Phi) is 3.90. The number of rotatable bonds is 5. The molecule has 6 nitrogen and oxygen atoms in total. The van der Waals surface area contributed by atoms with Crippen molar-refractivity contribution in [3.8, 4) is 0 Å². The summed E-state index contributed by atoms with van der Waals surface area (Å²) in [4.78, 5) is 21.4. The molecule has 0 fully saturated rings. The highest BCUT2D eigenvalue weighted by molar-refractivity contribution is 5.76. The second-order valence-electron chi connectivity index (χ2n) is 4.93. The first-order chi connectivity index (χ1) is 8.21. The van der Waals surface area contributed by atoms with E-state index < -0.39 is 16.4 Å². The third-order valence-corrected chi connectivity index (χ3v) is 2.44. The molecule has 3 N–H and O–H groups in total. The van der Waals surface area contributed by atoms with E-state index in [1.165, 1.54) is 6.07 Å². The molecule has 98 valence electrons. The number of nitro benzene ring substituents is 1. The lowest BCUT2D eigenvalue weighted by Gasteiger charge is -2.25. The van der Waals surface area contributed by atoms with Crippen molar-refractivity contribution in [2.24, 2.45) is 5.73 Å². The predicted molar refractivity (Wildman–Crippen MR) is 69.3 cm³/mol. The Balaban J connectivity index is 3.03. The number of nitro groups is 1. The maximum Gasteiger partial charge on any atom is 0.292 e. The highest BCUT2D eigenvalue weighted by atomic mass is 16.6. The van der Waals surface area contributed by atoms with Gasteiger partial charge in [-0.15, -0.1) is 0 Å². The van der Waals surface area contributed by atoms with Gasteiger partial charge in [0, 0.05) is 18.0 Å². The van der Waals surface area contributed by atoms with E-state index in [4.69, 9.17) is 5.73 Å². The van der Waals surface area contributed by atoms with E-state index in [-0.39, 0.29) is 12.1 Å². The van der Waals surface area contributed by atoms with Crippen molar-refractivity contribution in [1.82, 2.24) is 0 Å². The highest BCUT2D eigenvalue weighted by Gasteiger charge is 2.24. The Morgan fingerprint density at radius 2 is 2.11 bits per heavy atom. The number of amides is 1. The smallest absolute Gasteiger partial charge is 0.292 e. The summed E-state index contributed by atoms with van der Waals surface area (Å²) in [6, 6.07) is 4.90. The molecule has 0 spiro atoms. The third-order valence-electron chi connectivity index (χ3n) is 2.44. The molecule has 0 saturated heterocycles. The summed E-state index contributed by atoms with van der Waals surface area (Å²) in [6.45, 7) is 5.31. The highest BCUT2D eigenvalue weighted by Crippen LogP contribution is 2.28. The van der Waals surface area contributed by atoms with Gasteiger partial charge in [0.05, 0.1) is 4.92 Å². The first-order valence-electron chi connectivity index (χ1n) is 5.53. The second-order valence-corrected chi connectivity index (χ2v) is 4.93. The number of nitrogens with zero attached hydrogens (tertiary/aromatic N) is 1. The Bertz CT molecular complexity index is 483. The zero-order valence-electron chi connectivity index (χ0n) is 10.7. The maximum atomic E-state index is 11.0. The van der Waals surface area contributed by atoms with Crippen LogP contribution in [0.15, 0.2) is 18.2 Å². The van der Waals surface area contributed by atoms with Gasteiger partial charge < -0.3 is 11.1 Å². The second kappa shape index (κ2) is 5.03. The summed E-state index contributed by atoms with van der Waals surface area (Å²) in [5, 5.41) is 13.9. The summed E-state index contributed by atoms with van der Waals surface area (Å²) in [5.41, 5.74) is 5.69. The number of primary amides is 1. The van der Waals surface area contributed by atoms with E-state index in [0.717, 1.165) is 5.56 Å². The van der Waals surface area contributed by atoms with Crippen LogP contribution in [0.5, 0.6) is 0 Å². The van der Waals surface area contributed by atoms with Crippen LogP contribution in [0.2, 0.25) is 0 Å². The molecule has 6 heteroatoms. The van der Waals surface area contributed by atoms with Crippen LogP contribution in [0.4, 0.5) is 11.4 Å². The molecule has 18 heavy (non-hydrogen) atoms. The molecule has 0 atom stereocenters. The van der Waals surface area contributed by atoms with Gasteiger partial charge in [-0.1, -0.05) is 6.07 Å². The number of carbonyl (C=O) groups is 1. The number of aryl methyl sites for hydroxylation is 1. The first kappa shape index (κ1) is 14.0. The van der Waals surface area contributed by atoms with Crippen LogP contribution >= 0.6 is 0 Å². The van der Waals surface area contributed by atoms with Crippen molar-refractivity contribution < 1.29 is 9.72 Å². The molecule has 0 aliphatic carbocycles. The van der Waals surface area contributed by atoms with Gasteiger partial charge in [0.2, 0.25) is 5.91 Å². The Morgan fingerprint density at radius 1 is 1.50 bits per heavy atom. The number of hydrogen-bond acceptors (Lipinski definition) is 4.